The summed E-state index contributed by atoms with van der Waals surface area (Å²) in [5, 5.41) is 3.15. The lowest BCUT2D eigenvalue weighted by Crippen LogP contribution is -2.19. The molecule has 0 saturated carbocycles. The molecular formula is C7H15N. The van der Waals surface area contributed by atoms with Crippen LogP contribution in [0.4, 0.5) is 0 Å². The summed E-state index contributed by atoms with van der Waals surface area (Å²) < 4.78 is 0. The van der Waals surface area contributed by atoms with Gasteiger partial charge in [-0.3, -0.25) is 0 Å². The molecule has 0 aliphatic rings. The third-order valence-corrected chi connectivity index (χ3v) is 1.22. The van der Waals surface area contributed by atoms with Gasteiger partial charge in [0, 0.05) is 6.04 Å². The van der Waals surface area contributed by atoms with Gasteiger partial charge in [-0.2, -0.15) is 0 Å². The van der Waals surface area contributed by atoms with Gasteiger partial charge < -0.3 is 5.32 Å². The minimum Gasteiger partial charge on any atom is -0.317 e. The van der Waals surface area contributed by atoms with Crippen LogP contribution < -0.4 is 5.32 Å². The number of nitrogens with one attached hydrogen (secondary N) is 1. The van der Waals surface area contributed by atoms with Crippen LogP contribution in [0.15, 0.2) is 12.2 Å². The van der Waals surface area contributed by atoms with E-state index in [1.165, 1.54) is 0 Å². The van der Waals surface area contributed by atoms with Gasteiger partial charge in [0.15, 0.2) is 0 Å². The summed E-state index contributed by atoms with van der Waals surface area (Å²) in [5.74, 6) is 0. The molecule has 0 aromatic heterocycles. The van der Waals surface area contributed by atoms with Crippen LogP contribution in [0.2, 0.25) is 0 Å². The molecule has 48 valence electrons. The quantitative estimate of drug-likeness (QED) is 0.548. The minimum atomic E-state index is 0.617. The SMILES string of the molecule is CC=CCC(C)NC. The third kappa shape index (κ3) is 3.88. The van der Waals surface area contributed by atoms with E-state index in [9.17, 15) is 0 Å². The van der Waals surface area contributed by atoms with Crippen molar-refractivity contribution in [3.05, 3.63) is 12.2 Å². The molecule has 8 heavy (non-hydrogen) atoms. The summed E-state index contributed by atoms with van der Waals surface area (Å²) in [6.45, 7) is 4.21. The van der Waals surface area contributed by atoms with Crippen LogP contribution in [0.25, 0.3) is 0 Å². The lowest BCUT2D eigenvalue weighted by Gasteiger charge is -2.03. The van der Waals surface area contributed by atoms with Crippen molar-refractivity contribution in [3.8, 4) is 0 Å². The van der Waals surface area contributed by atoms with Gasteiger partial charge in [0.1, 0.15) is 0 Å². The van der Waals surface area contributed by atoms with Crippen molar-refractivity contribution in [3.63, 3.8) is 0 Å². The Kier molecular flexibility index (Phi) is 4.67. The van der Waals surface area contributed by atoms with E-state index in [0.29, 0.717) is 6.04 Å². The van der Waals surface area contributed by atoms with Gasteiger partial charge in [-0.05, 0) is 27.3 Å². The molecule has 0 spiro atoms. The van der Waals surface area contributed by atoms with Crippen molar-refractivity contribution in [2.45, 2.75) is 26.3 Å². The Hall–Kier alpha value is -0.300. The van der Waals surface area contributed by atoms with Crippen LogP contribution in [0, 0.1) is 0 Å². The van der Waals surface area contributed by atoms with E-state index in [1.807, 2.05) is 14.0 Å². The van der Waals surface area contributed by atoms with E-state index >= 15 is 0 Å². The first kappa shape index (κ1) is 7.70. The smallest absolute Gasteiger partial charge is 0.00702 e. The maximum atomic E-state index is 3.15. The molecule has 0 aromatic carbocycles. The van der Waals surface area contributed by atoms with E-state index in [2.05, 4.69) is 24.4 Å². The van der Waals surface area contributed by atoms with Gasteiger partial charge in [-0.25, -0.2) is 0 Å². The van der Waals surface area contributed by atoms with Crippen molar-refractivity contribution in [1.82, 2.24) is 5.32 Å². The lowest BCUT2D eigenvalue weighted by atomic mass is 10.2. The molecule has 0 aliphatic carbocycles. The predicted octanol–water partition coefficient (Wildman–Crippen LogP) is 1.56. The Bertz CT molecular complexity index is 66.8. The largest absolute Gasteiger partial charge is 0.317 e. The van der Waals surface area contributed by atoms with E-state index in [-0.39, 0.29) is 0 Å². The summed E-state index contributed by atoms with van der Waals surface area (Å²) >= 11 is 0. The molecule has 0 radical (unpaired) electrons. The number of hydrogen-bond acceptors (Lipinski definition) is 1. The standard InChI is InChI=1S/C7H15N/c1-4-5-6-7(2)8-3/h4-5,7-8H,6H2,1-3H3. The van der Waals surface area contributed by atoms with Crippen LogP contribution in [0.3, 0.4) is 0 Å². The first-order valence-corrected chi connectivity index (χ1v) is 3.09. The van der Waals surface area contributed by atoms with Gasteiger partial charge in [0.2, 0.25) is 0 Å². The number of rotatable bonds is 3. The summed E-state index contributed by atoms with van der Waals surface area (Å²) in [6.07, 6.45) is 5.38. The summed E-state index contributed by atoms with van der Waals surface area (Å²) in [5.41, 5.74) is 0. The van der Waals surface area contributed by atoms with Crippen LogP contribution in [0.1, 0.15) is 20.3 Å². The van der Waals surface area contributed by atoms with E-state index < -0.39 is 0 Å². The van der Waals surface area contributed by atoms with Gasteiger partial charge in [0.05, 0.1) is 0 Å². The normalized spacial score (nSPS) is 14.9. The molecule has 0 aliphatic heterocycles. The van der Waals surface area contributed by atoms with Gasteiger partial charge in [-0.15, -0.1) is 0 Å². The Morgan fingerprint density at radius 2 is 2.25 bits per heavy atom. The molecule has 0 heterocycles. The first-order chi connectivity index (χ1) is 3.81. The second-order valence-electron chi connectivity index (χ2n) is 1.99. The number of hydrogen-bond donors (Lipinski definition) is 1. The van der Waals surface area contributed by atoms with E-state index in [0.717, 1.165) is 6.42 Å². The highest BCUT2D eigenvalue weighted by Gasteiger charge is 1.89. The monoisotopic (exact) mass is 113 g/mol. The van der Waals surface area contributed by atoms with E-state index in [4.69, 9.17) is 0 Å². The van der Waals surface area contributed by atoms with Crippen molar-refractivity contribution >= 4 is 0 Å². The molecule has 0 aromatic rings. The molecule has 0 saturated heterocycles. The molecule has 1 N–H and O–H groups in total. The third-order valence-electron chi connectivity index (χ3n) is 1.22. The fourth-order valence-corrected chi connectivity index (χ4v) is 0.458. The van der Waals surface area contributed by atoms with E-state index in [1.54, 1.807) is 0 Å². The fourth-order valence-electron chi connectivity index (χ4n) is 0.458. The predicted molar refractivity (Wildman–Crippen MR) is 38.0 cm³/mol. The minimum absolute atomic E-state index is 0.617. The van der Waals surface area contributed by atoms with Crippen molar-refractivity contribution in [2.75, 3.05) is 7.05 Å². The summed E-state index contributed by atoms with van der Waals surface area (Å²) in [7, 11) is 1.98. The number of allylic oxidation sites excluding steroid dienone is 1. The Balaban J connectivity index is 3.10. The zero-order chi connectivity index (χ0) is 6.41. The second-order valence-corrected chi connectivity index (χ2v) is 1.99. The van der Waals surface area contributed by atoms with Crippen LogP contribution in [0.5, 0.6) is 0 Å². The zero-order valence-electron chi connectivity index (χ0n) is 5.94. The van der Waals surface area contributed by atoms with Gasteiger partial charge >= 0.3 is 0 Å². The Labute approximate surface area is 51.8 Å². The maximum absolute atomic E-state index is 3.15. The van der Waals surface area contributed by atoms with Gasteiger partial charge in [0.25, 0.3) is 0 Å². The first-order valence-electron chi connectivity index (χ1n) is 3.09. The molecule has 1 unspecified atom stereocenters. The van der Waals surface area contributed by atoms with Crippen molar-refractivity contribution in [1.29, 1.82) is 0 Å². The lowest BCUT2D eigenvalue weighted by molar-refractivity contribution is 0.619. The highest BCUT2D eigenvalue weighted by Crippen LogP contribution is 1.89. The second kappa shape index (κ2) is 4.85. The maximum Gasteiger partial charge on any atom is 0.00702 e. The highest BCUT2D eigenvalue weighted by atomic mass is 14.8. The van der Waals surface area contributed by atoms with Crippen molar-refractivity contribution < 1.29 is 0 Å². The molecule has 1 atom stereocenters. The molecular weight excluding hydrogens is 98.1 g/mol. The Morgan fingerprint density at radius 3 is 2.62 bits per heavy atom. The topological polar surface area (TPSA) is 12.0 Å². The highest BCUT2D eigenvalue weighted by molar-refractivity contribution is 4.80. The summed E-state index contributed by atoms with van der Waals surface area (Å²) in [6, 6.07) is 0.617. The van der Waals surface area contributed by atoms with Crippen molar-refractivity contribution in [2.24, 2.45) is 0 Å². The Morgan fingerprint density at radius 1 is 1.62 bits per heavy atom. The molecule has 1 nitrogen and oxygen atoms in total. The summed E-state index contributed by atoms with van der Waals surface area (Å²) in [4.78, 5) is 0. The molecule has 0 bridgehead atoms. The molecule has 0 rings (SSSR count). The fraction of sp³-hybridized carbons (Fsp3) is 0.714. The van der Waals surface area contributed by atoms with Crippen LogP contribution in [-0.4, -0.2) is 13.1 Å². The molecule has 1 heteroatoms. The average Bonchev–Trinajstić information content (AvgIpc) is 1.83. The van der Waals surface area contributed by atoms with Crippen LogP contribution >= 0.6 is 0 Å². The van der Waals surface area contributed by atoms with Gasteiger partial charge in [-0.1, -0.05) is 12.2 Å². The zero-order valence-corrected chi connectivity index (χ0v) is 5.94. The molecule has 0 fully saturated rings. The van der Waals surface area contributed by atoms with Crippen LogP contribution in [-0.2, 0) is 0 Å². The molecule has 0 amide bonds. The average molecular weight is 113 g/mol.